The summed E-state index contributed by atoms with van der Waals surface area (Å²) in [7, 11) is 1.86. The first-order valence-corrected chi connectivity index (χ1v) is 4.64. The van der Waals surface area contributed by atoms with Crippen molar-refractivity contribution in [3.05, 3.63) is 17.0 Å². The zero-order chi connectivity index (χ0) is 10.7. The molecule has 0 saturated heterocycles. The minimum atomic E-state index is 0.192. The zero-order valence-electron chi connectivity index (χ0n) is 8.36. The lowest BCUT2D eigenvalue weighted by atomic mass is 10.2. The summed E-state index contributed by atoms with van der Waals surface area (Å²) in [5.41, 5.74) is 0.338. The first kappa shape index (κ1) is 10.9. The third kappa shape index (κ3) is 2.01. The molecular formula is C9H12ClN3O. The van der Waals surface area contributed by atoms with Gasteiger partial charge in [-0.25, -0.2) is 9.97 Å². The Balaban J connectivity index is 3.20. The SMILES string of the molecule is CC(C)N(C)c1ncnc(Cl)c1C=O. The van der Waals surface area contributed by atoms with E-state index in [0.29, 0.717) is 17.7 Å². The molecular weight excluding hydrogens is 202 g/mol. The van der Waals surface area contributed by atoms with E-state index in [1.54, 1.807) is 0 Å². The van der Waals surface area contributed by atoms with Crippen LogP contribution in [0.4, 0.5) is 5.82 Å². The van der Waals surface area contributed by atoms with Gasteiger partial charge >= 0.3 is 0 Å². The van der Waals surface area contributed by atoms with Gasteiger partial charge in [0.25, 0.3) is 0 Å². The Morgan fingerprint density at radius 3 is 2.64 bits per heavy atom. The Morgan fingerprint density at radius 2 is 2.14 bits per heavy atom. The Bertz CT molecular complexity index is 341. The van der Waals surface area contributed by atoms with Crippen molar-refractivity contribution in [2.45, 2.75) is 19.9 Å². The molecule has 14 heavy (non-hydrogen) atoms. The van der Waals surface area contributed by atoms with Gasteiger partial charge in [-0.3, -0.25) is 4.79 Å². The summed E-state index contributed by atoms with van der Waals surface area (Å²) in [6.45, 7) is 4.01. The number of halogens is 1. The molecule has 0 unspecified atom stereocenters. The van der Waals surface area contributed by atoms with Crippen LogP contribution in [-0.4, -0.2) is 29.3 Å². The second kappa shape index (κ2) is 4.37. The minimum absolute atomic E-state index is 0.192. The highest BCUT2D eigenvalue weighted by molar-refractivity contribution is 6.32. The second-order valence-electron chi connectivity index (χ2n) is 3.22. The summed E-state index contributed by atoms with van der Waals surface area (Å²) in [5.74, 6) is 0.565. The van der Waals surface area contributed by atoms with Gasteiger partial charge in [-0.15, -0.1) is 0 Å². The quantitative estimate of drug-likeness (QED) is 0.567. The van der Waals surface area contributed by atoms with Crippen LogP contribution in [0.25, 0.3) is 0 Å². The number of rotatable bonds is 3. The van der Waals surface area contributed by atoms with Gasteiger partial charge in [0.1, 0.15) is 17.3 Å². The zero-order valence-corrected chi connectivity index (χ0v) is 9.12. The molecule has 1 rings (SSSR count). The van der Waals surface area contributed by atoms with Gasteiger partial charge in [0, 0.05) is 13.1 Å². The molecule has 1 aromatic rings. The molecule has 0 bridgehead atoms. The summed E-state index contributed by atoms with van der Waals surface area (Å²) in [6, 6.07) is 0.250. The lowest BCUT2D eigenvalue weighted by molar-refractivity contribution is 0.112. The summed E-state index contributed by atoms with van der Waals surface area (Å²) in [6.07, 6.45) is 2.03. The van der Waals surface area contributed by atoms with Gasteiger partial charge in [-0.2, -0.15) is 0 Å². The first-order valence-electron chi connectivity index (χ1n) is 4.26. The van der Waals surface area contributed by atoms with E-state index >= 15 is 0 Å². The van der Waals surface area contributed by atoms with Crippen molar-refractivity contribution in [3.63, 3.8) is 0 Å². The number of hydrogen-bond donors (Lipinski definition) is 0. The van der Waals surface area contributed by atoms with Gasteiger partial charge in [-0.1, -0.05) is 11.6 Å². The lowest BCUT2D eigenvalue weighted by Crippen LogP contribution is -2.27. The maximum atomic E-state index is 10.8. The summed E-state index contributed by atoms with van der Waals surface area (Å²) in [4.78, 5) is 20.4. The van der Waals surface area contributed by atoms with Crippen molar-refractivity contribution in [3.8, 4) is 0 Å². The van der Waals surface area contributed by atoms with Crippen molar-refractivity contribution >= 4 is 23.7 Å². The van der Waals surface area contributed by atoms with E-state index in [2.05, 4.69) is 9.97 Å². The maximum Gasteiger partial charge on any atom is 0.156 e. The van der Waals surface area contributed by atoms with E-state index in [4.69, 9.17) is 11.6 Å². The van der Waals surface area contributed by atoms with Crippen LogP contribution in [0.15, 0.2) is 6.33 Å². The number of carbonyl (C=O) groups excluding carboxylic acids is 1. The highest BCUT2D eigenvalue weighted by Crippen LogP contribution is 2.21. The maximum absolute atomic E-state index is 10.8. The molecule has 4 nitrogen and oxygen atoms in total. The van der Waals surface area contributed by atoms with E-state index in [0.717, 1.165) is 0 Å². The van der Waals surface area contributed by atoms with Crippen LogP contribution < -0.4 is 4.90 Å². The molecule has 1 aromatic heterocycles. The number of nitrogens with zero attached hydrogens (tertiary/aromatic N) is 3. The number of anilines is 1. The third-order valence-corrected chi connectivity index (χ3v) is 2.34. The monoisotopic (exact) mass is 213 g/mol. The van der Waals surface area contributed by atoms with Gasteiger partial charge in [0.2, 0.25) is 0 Å². The number of carbonyl (C=O) groups is 1. The highest BCUT2D eigenvalue weighted by atomic mass is 35.5. The predicted octanol–water partition coefficient (Wildman–Crippen LogP) is 1.79. The first-order chi connectivity index (χ1) is 6.57. The normalized spacial score (nSPS) is 10.4. The molecule has 0 aliphatic rings. The van der Waals surface area contributed by atoms with Crippen molar-refractivity contribution in [1.29, 1.82) is 0 Å². The molecule has 5 heteroatoms. The predicted molar refractivity (Wildman–Crippen MR) is 56.0 cm³/mol. The molecule has 0 spiro atoms. The fourth-order valence-electron chi connectivity index (χ4n) is 0.993. The summed E-state index contributed by atoms with van der Waals surface area (Å²) in [5, 5.41) is 0.192. The Kier molecular flexibility index (Phi) is 3.41. The van der Waals surface area contributed by atoms with Crippen molar-refractivity contribution < 1.29 is 4.79 Å². The fraction of sp³-hybridized carbons (Fsp3) is 0.444. The standard InChI is InChI=1S/C9H12ClN3O/c1-6(2)13(3)9-7(4-14)8(10)11-5-12-9/h4-6H,1-3H3. The van der Waals surface area contributed by atoms with Crippen molar-refractivity contribution in [2.75, 3.05) is 11.9 Å². The van der Waals surface area contributed by atoms with E-state index in [1.165, 1.54) is 6.33 Å². The number of aldehydes is 1. The van der Waals surface area contributed by atoms with E-state index < -0.39 is 0 Å². The summed E-state index contributed by atoms with van der Waals surface area (Å²) >= 11 is 5.77. The van der Waals surface area contributed by atoms with Crippen LogP contribution >= 0.6 is 11.6 Å². The van der Waals surface area contributed by atoms with Crippen LogP contribution in [0.5, 0.6) is 0 Å². The average molecular weight is 214 g/mol. The Hall–Kier alpha value is -1.16. The van der Waals surface area contributed by atoms with Crippen LogP contribution in [-0.2, 0) is 0 Å². The van der Waals surface area contributed by atoms with Gasteiger partial charge < -0.3 is 4.90 Å². The Labute approximate surface area is 87.9 Å². The topological polar surface area (TPSA) is 46.1 Å². The van der Waals surface area contributed by atoms with Crippen molar-refractivity contribution in [2.24, 2.45) is 0 Å². The van der Waals surface area contributed by atoms with E-state index in [9.17, 15) is 4.79 Å². The molecule has 0 fully saturated rings. The number of hydrogen-bond acceptors (Lipinski definition) is 4. The van der Waals surface area contributed by atoms with Crippen LogP contribution in [0.2, 0.25) is 5.15 Å². The molecule has 0 aromatic carbocycles. The second-order valence-corrected chi connectivity index (χ2v) is 3.58. The molecule has 0 radical (unpaired) electrons. The fourth-order valence-corrected chi connectivity index (χ4v) is 1.17. The lowest BCUT2D eigenvalue weighted by Gasteiger charge is -2.23. The molecule has 0 aliphatic heterocycles. The molecule has 0 N–H and O–H groups in total. The van der Waals surface area contributed by atoms with E-state index in [1.807, 2.05) is 25.8 Å². The van der Waals surface area contributed by atoms with Crippen LogP contribution in [0, 0.1) is 0 Å². The van der Waals surface area contributed by atoms with E-state index in [-0.39, 0.29) is 11.2 Å². The smallest absolute Gasteiger partial charge is 0.156 e. The van der Waals surface area contributed by atoms with Crippen LogP contribution in [0.1, 0.15) is 24.2 Å². The van der Waals surface area contributed by atoms with Crippen molar-refractivity contribution in [1.82, 2.24) is 9.97 Å². The highest BCUT2D eigenvalue weighted by Gasteiger charge is 2.14. The molecule has 0 saturated carbocycles. The average Bonchev–Trinajstić information content (AvgIpc) is 2.16. The third-order valence-electron chi connectivity index (χ3n) is 2.04. The molecule has 76 valence electrons. The minimum Gasteiger partial charge on any atom is -0.357 e. The van der Waals surface area contributed by atoms with Gasteiger partial charge in [0.15, 0.2) is 6.29 Å². The molecule has 0 atom stereocenters. The van der Waals surface area contributed by atoms with Crippen LogP contribution in [0.3, 0.4) is 0 Å². The Morgan fingerprint density at radius 1 is 1.50 bits per heavy atom. The molecule has 0 aliphatic carbocycles. The molecule has 0 amide bonds. The van der Waals surface area contributed by atoms with Gasteiger partial charge in [-0.05, 0) is 13.8 Å². The number of aromatic nitrogens is 2. The summed E-state index contributed by atoms with van der Waals surface area (Å²) < 4.78 is 0. The van der Waals surface area contributed by atoms with Gasteiger partial charge in [0.05, 0.1) is 5.56 Å². The molecule has 1 heterocycles. The largest absolute Gasteiger partial charge is 0.357 e.